The van der Waals surface area contributed by atoms with E-state index in [-0.39, 0.29) is 12.2 Å². The van der Waals surface area contributed by atoms with Gasteiger partial charge in [-0.25, -0.2) is 0 Å². The molecule has 1 amide bonds. The predicted octanol–water partition coefficient (Wildman–Crippen LogP) is 3.09. The van der Waals surface area contributed by atoms with Gasteiger partial charge in [-0.1, -0.05) is 34.2 Å². The van der Waals surface area contributed by atoms with E-state index in [0.29, 0.717) is 16.6 Å². The SMILES string of the molecule is COc1ccc(Br)cc1CNC(=O)c1cc(=O)nc2sc(N3CCCC(C)C3)nn12. The molecule has 1 unspecified atom stereocenters. The van der Waals surface area contributed by atoms with Crippen molar-refractivity contribution < 1.29 is 9.53 Å². The highest BCUT2D eigenvalue weighted by Crippen LogP contribution is 2.27. The van der Waals surface area contributed by atoms with Crippen molar-refractivity contribution in [3.8, 4) is 5.75 Å². The molecule has 158 valence electrons. The number of piperidine rings is 1. The number of carbonyl (C=O) groups is 1. The zero-order valence-corrected chi connectivity index (χ0v) is 19.1. The average molecular weight is 492 g/mol. The van der Waals surface area contributed by atoms with Crippen LogP contribution >= 0.6 is 27.3 Å². The topological polar surface area (TPSA) is 88.8 Å². The Bertz CT molecular complexity index is 1150. The van der Waals surface area contributed by atoms with Gasteiger partial charge in [-0.15, -0.1) is 5.10 Å². The number of fused-ring (bicyclic) bond motifs is 1. The van der Waals surface area contributed by atoms with Crippen molar-refractivity contribution in [3.05, 3.63) is 50.3 Å². The fourth-order valence-electron chi connectivity index (χ4n) is 3.61. The van der Waals surface area contributed by atoms with Crippen LogP contribution in [-0.4, -0.2) is 40.7 Å². The van der Waals surface area contributed by atoms with E-state index in [9.17, 15) is 9.59 Å². The van der Waals surface area contributed by atoms with Gasteiger partial charge < -0.3 is 15.0 Å². The molecule has 1 aliphatic rings. The minimum Gasteiger partial charge on any atom is -0.496 e. The van der Waals surface area contributed by atoms with Crippen molar-refractivity contribution in [2.24, 2.45) is 5.92 Å². The maximum absolute atomic E-state index is 12.9. The van der Waals surface area contributed by atoms with Crippen LogP contribution in [-0.2, 0) is 6.54 Å². The molecule has 1 aromatic carbocycles. The van der Waals surface area contributed by atoms with E-state index in [2.05, 4.69) is 43.2 Å². The van der Waals surface area contributed by atoms with E-state index < -0.39 is 11.5 Å². The van der Waals surface area contributed by atoms with Crippen LogP contribution in [0.25, 0.3) is 4.96 Å². The first-order valence-corrected chi connectivity index (χ1v) is 11.3. The number of amides is 1. The number of anilines is 1. The summed E-state index contributed by atoms with van der Waals surface area (Å²) in [6, 6.07) is 6.80. The molecule has 30 heavy (non-hydrogen) atoms. The van der Waals surface area contributed by atoms with Gasteiger partial charge in [0.1, 0.15) is 11.4 Å². The Morgan fingerprint density at radius 2 is 2.23 bits per heavy atom. The Labute approximate surface area is 186 Å². The van der Waals surface area contributed by atoms with Gasteiger partial charge in [0.25, 0.3) is 11.5 Å². The van der Waals surface area contributed by atoms with Crippen molar-refractivity contribution in [3.63, 3.8) is 0 Å². The third-order valence-corrected chi connectivity index (χ3v) is 6.55. The molecule has 0 spiro atoms. The van der Waals surface area contributed by atoms with Crippen LogP contribution in [0.15, 0.2) is 33.5 Å². The molecule has 0 radical (unpaired) electrons. The zero-order valence-electron chi connectivity index (χ0n) is 16.7. The average Bonchev–Trinajstić information content (AvgIpc) is 3.15. The molecule has 4 rings (SSSR count). The van der Waals surface area contributed by atoms with Crippen molar-refractivity contribution in [2.75, 3.05) is 25.1 Å². The fourth-order valence-corrected chi connectivity index (χ4v) is 4.96. The minimum absolute atomic E-state index is 0.173. The summed E-state index contributed by atoms with van der Waals surface area (Å²) in [7, 11) is 1.58. The van der Waals surface area contributed by atoms with Crippen LogP contribution in [0.5, 0.6) is 5.75 Å². The summed E-state index contributed by atoms with van der Waals surface area (Å²) in [6.45, 7) is 4.30. The Balaban J connectivity index is 1.61. The molecule has 3 heterocycles. The summed E-state index contributed by atoms with van der Waals surface area (Å²) in [5.41, 5.74) is 0.535. The van der Waals surface area contributed by atoms with E-state index in [0.717, 1.165) is 34.7 Å². The van der Waals surface area contributed by atoms with Gasteiger partial charge in [0.15, 0.2) is 0 Å². The molecule has 10 heteroatoms. The first kappa shape index (κ1) is 20.8. The van der Waals surface area contributed by atoms with Crippen molar-refractivity contribution in [2.45, 2.75) is 26.3 Å². The van der Waals surface area contributed by atoms with E-state index >= 15 is 0 Å². The molecule has 0 bridgehead atoms. The Hall–Kier alpha value is -2.46. The third-order valence-electron chi connectivity index (χ3n) is 5.09. The number of hydrogen-bond donors (Lipinski definition) is 1. The number of methoxy groups -OCH3 is 1. The molecule has 1 fully saturated rings. The van der Waals surface area contributed by atoms with Gasteiger partial charge >= 0.3 is 0 Å². The smallest absolute Gasteiger partial charge is 0.274 e. The molecular formula is C20H22BrN5O3S. The summed E-state index contributed by atoms with van der Waals surface area (Å²) in [4.78, 5) is 31.7. The molecule has 3 aromatic rings. The third kappa shape index (κ3) is 4.34. The second-order valence-electron chi connectivity index (χ2n) is 7.39. The Morgan fingerprint density at radius 3 is 3.00 bits per heavy atom. The number of nitrogens with zero attached hydrogens (tertiary/aromatic N) is 4. The second-order valence-corrected chi connectivity index (χ2v) is 9.24. The molecular weight excluding hydrogens is 470 g/mol. The molecule has 0 saturated carbocycles. The quantitative estimate of drug-likeness (QED) is 0.589. The summed E-state index contributed by atoms with van der Waals surface area (Å²) in [5, 5.41) is 8.24. The van der Waals surface area contributed by atoms with E-state index in [4.69, 9.17) is 4.74 Å². The van der Waals surface area contributed by atoms with Crippen LogP contribution in [0.1, 0.15) is 35.8 Å². The molecule has 2 aromatic heterocycles. The number of ether oxygens (including phenoxy) is 1. The zero-order chi connectivity index (χ0) is 21.3. The van der Waals surface area contributed by atoms with Crippen LogP contribution < -0.4 is 20.5 Å². The number of halogens is 1. The number of hydrogen-bond acceptors (Lipinski definition) is 7. The highest BCUT2D eigenvalue weighted by molar-refractivity contribution is 9.10. The van der Waals surface area contributed by atoms with E-state index in [1.54, 1.807) is 7.11 Å². The second kappa shape index (κ2) is 8.73. The van der Waals surface area contributed by atoms with Crippen LogP contribution in [0.2, 0.25) is 0 Å². The Kier molecular flexibility index (Phi) is 6.05. The Morgan fingerprint density at radius 1 is 1.40 bits per heavy atom. The largest absolute Gasteiger partial charge is 0.496 e. The lowest BCUT2D eigenvalue weighted by molar-refractivity contribution is 0.0943. The minimum atomic E-state index is -0.456. The van der Waals surface area contributed by atoms with E-state index in [1.165, 1.54) is 28.3 Å². The van der Waals surface area contributed by atoms with Gasteiger partial charge in [-0.2, -0.15) is 9.50 Å². The van der Waals surface area contributed by atoms with Gasteiger partial charge in [0.2, 0.25) is 10.1 Å². The molecule has 8 nitrogen and oxygen atoms in total. The predicted molar refractivity (Wildman–Crippen MR) is 120 cm³/mol. The summed E-state index contributed by atoms with van der Waals surface area (Å²) in [6.07, 6.45) is 2.30. The van der Waals surface area contributed by atoms with E-state index in [1.807, 2.05) is 18.2 Å². The standard InChI is InChI=1S/C20H22BrN5O3S/c1-12-4-3-7-25(11-12)20-24-26-15(9-17(27)23-19(26)30-20)18(28)22-10-13-8-14(21)5-6-16(13)29-2/h5-6,8-9,12H,3-4,7,10-11H2,1-2H3,(H,22,28). The number of benzene rings is 1. The fraction of sp³-hybridized carbons (Fsp3) is 0.400. The van der Waals surface area contributed by atoms with Crippen molar-refractivity contribution in [1.82, 2.24) is 19.9 Å². The van der Waals surface area contributed by atoms with Gasteiger partial charge in [-0.3, -0.25) is 9.59 Å². The lowest BCUT2D eigenvalue weighted by atomic mass is 10.0. The summed E-state index contributed by atoms with van der Waals surface area (Å²) in [5.74, 6) is 0.864. The normalized spacial score (nSPS) is 16.6. The lowest BCUT2D eigenvalue weighted by Gasteiger charge is -2.30. The molecule has 1 atom stereocenters. The molecule has 1 aliphatic heterocycles. The van der Waals surface area contributed by atoms with Crippen LogP contribution in [0, 0.1) is 5.92 Å². The first-order valence-electron chi connectivity index (χ1n) is 9.71. The molecule has 1 N–H and O–H groups in total. The maximum Gasteiger partial charge on any atom is 0.274 e. The maximum atomic E-state index is 12.9. The number of carbonyl (C=O) groups excluding carboxylic acids is 1. The van der Waals surface area contributed by atoms with Crippen molar-refractivity contribution >= 4 is 43.3 Å². The monoisotopic (exact) mass is 491 g/mol. The van der Waals surface area contributed by atoms with Crippen molar-refractivity contribution in [1.29, 1.82) is 0 Å². The van der Waals surface area contributed by atoms with Crippen LogP contribution in [0.4, 0.5) is 5.13 Å². The summed E-state index contributed by atoms with van der Waals surface area (Å²) >= 11 is 4.76. The number of nitrogens with one attached hydrogen (secondary N) is 1. The lowest BCUT2D eigenvalue weighted by Crippen LogP contribution is -2.34. The highest BCUT2D eigenvalue weighted by atomic mass is 79.9. The van der Waals surface area contributed by atoms with Gasteiger partial charge in [0.05, 0.1) is 7.11 Å². The molecule has 0 aliphatic carbocycles. The van der Waals surface area contributed by atoms with Gasteiger partial charge in [-0.05, 0) is 37.0 Å². The van der Waals surface area contributed by atoms with Crippen LogP contribution in [0.3, 0.4) is 0 Å². The highest BCUT2D eigenvalue weighted by Gasteiger charge is 2.22. The molecule has 1 saturated heterocycles. The first-order chi connectivity index (χ1) is 14.4. The number of rotatable bonds is 5. The number of aromatic nitrogens is 3. The van der Waals surface area contributed by atoms with Gasteiger partial charge in [0, 0.05) is 35.7 Å². The summed E-state index contributed by atoms with van der Waals surface area (Å²) < 4.78 is 7.70.